The van der Waals surface area contributed by atoms with Gasteiger partial charge in [-0.25, -0.2) is 4.79 Å². The van der Waals surface area contributed by atoms with Crippen molar-refractivity contribution in [3.05, 3.63) is 29.8 Å². The minimum Gasteiger partial charge on any atom is -0.494 e. The third-order valence-electron chi connectivity index (χ3n) is 3.96. The maximum atomic E-state index is 12.0. The van der Waals surface area contributed by atoms with Crippen molar-refractivity contribution >= 4 is 11.9 Å². The standard InChI is InChI=1S/C18H26N2O3/c1-17(2,3)13-7-9-14(10-8-13)23-12-6-11-20-15(21)18(4,5)19-16(20)22/h7-10H,6,11-12H2,1-5H3,(H,19,22). The molecule has 0 aromatic heterocycles. The third kappa shape index (κ3) is 4.03. The molecule has 5 nitrogen and oxygen atoms in total. The molecule has 0 spiro atoms. The Morgan fingerprint density at radius 2 is 1.74 bits per heavy atom. The van der Waals surface area contributed by atoms with Gasteiger partial charge < -0.3 is 10.1 Å². The number of carbonyl (C=O) groups is 2. The topological polar surface area (TPSA) is 58.6 Å². The maximum Gasteiger partial charge on any atom is 0.325 e. The molecule has 23 heavy (non-hydrogen) atoms. The van der Waals surface area contributed by atoms with E-state index in [2.05, 4.69) is 38.2 Å². The van der Waals surface area contributed by atoms with Gasteiger partial charge in [0.25, 0.3) is 5.91 Å². The van der Waals surface area contributed by atoms with Crippen LogP contribution in [0.15, 0.2) is 24.3 Å². The van der Waals surface area contributed by atoms with Gasteiger partial charge in [0.05, 0.1) is 6.61 Å². The fourth-order valence-electron chi connectivity index (χ4n) is 2.48. The van der Waals surface area contributed by atoms with Crippen LogP contribution in [0.25, 0.3) is 0 Å². The average molecular weight is 318 g/mol. The molecule has 1 aliphatic heterocycles. The Morgan fingerprint density at radius 3 is 2.22 bits per heavy atom. The summed E-state index contributed by atoms with van der Waals surface area (Å²) >= 11 is 0. The number of rotatable bonds is 5. The summed E-state index contributed by atoms with van der Waals surface area (Å²) in [6.07, 6.45) is 0.607. The number of hydrogen-bond acceptors (Lipinski definition) is 3. The zero-order valence-electron chi connectivity index (χ0n) is 14.6. The highest BCUT2D eigenvalue weighted by Gasteiger charge is 2.43. The third-order valence-corrected chi connectivity index (χ3v) is 3.96. The number of benzene rings is 1. The van der Waals surface area contributed by atoms with Crippen molar-refractivity contribution < 1.29 is 14.3 Å². The number of nitrogens with one attached hydrogen (secondary N) is 1. The van der Waals surface area contributed by atoms with Gasteiger partial charge in [-0.2, -0.15) is 0 Å². The average Bonchev–Trinajstić information content (AvgIpc) is 2.64. The van der Waals surface area contributed by atoms with Crippen molar-refractivity contribution in [2.45, 2.75) is 52.0 Å². The van der Waals surface area contributed by atoms with Gasteiger partial charge >= 0.3 is 6.03 Å². The van der Waals surface area contributed by atoms with Gasteiger partial charge in [0.1, 0.15) is 11.3 Å². The van der Waals surface area contributed by atoms with Crippen LogP contribution in [0, 0.1) is 0 Å². The SMILES string of the molecule is CC1(C)NC(=O)N(CCCOc2ccc(C(C)(C)C)cc2)C1=O. The summed E-state index contributed by atoms with van der Waals surface area (Å²) in [5.41, 5.74) is 0.571. The van der Waals surface area contributed by atoms with Crippen molar-refractivity contribution in [2.24, 2.45) is 0 Å². The molecule has 1 saturated heterocycles. The van der Waals surface area contributed by atoms with Crippen LogP contribution in [-0.4, -0.2) is 35.5 Å². The molecule has 0 atom stereocenters. The molecule has 1 N–H and O–H groups in total. The number of carbonyl (C=O) groups excluding carboxylic acids is 2. The number of urea groups is 1. The van der Waals surface area contributed by atoms with E-state index in [0.29, 0.717) is 19.6 Å². The van der Waals surface area contributed by atoms with Crippen LogP contribution in [0.3, 0.4) is 0 Å². The summed E-state index contributed by atoms with van der Waals surface area (Å²) in [6, 6.07) is 7.72. The van der Waals surface area contributed by atoms with E-state index in [4.69, 9.17) is 4.74 Å². The largest absolute Gasteiger partial charge is 0.494 e. The minimum atomic E-state index is -0.805. The number of imide groups is 1. The van der Waals surface area contributed by atoms with Gasteiger partial charge in [0, 0.05) is 6.54 Å². The van der Waals surface area contributed by atoms with E-state index < -0.39 is 5.54 Å². The second-order valence-corrected chi connectivity index (χ2v) is 7.49. The molecule has 1 heterocycles. The Bertz CT molecular complexity index is 585. The van der Waals surface area contributed by atoms with Crippen LogP contribution in [0.4, 0.5) is 4.79 Å². The monoisotopic (exact) mass is 318 g/mol. The van der Waals surface area contributed by atoms with Crippen molar-refractivity contribution in [2.75, 3.05) is 13.2 Å². The van der Waals surface area contributed by atoms with E-state index >= 15 is 0 Å². The lowest BCUT2D eigenvalue weighted by Crippen LogP contribution is -2.40. The molecule has 0 bridgehead atoms. The molecule has 126 valence electrons. The molecule has 1 fully saturated rings. The fourth-order valence-corrected chi connectivity index (χ4v) is 2.48. The molecule has 5 heteroatoms. The molecule has 1 aromatic carbocycles. The number of nitrogens with zero attached hydrogens (tertiary/aromatic N) is 1. The first-order valence-electron chi connectivity index (χ1n) is 7.99. The summed E-state index contributed by atoms with van der Waals surface area (Å²) in [5.74, 6) is 0.618. The highest BCUT2D eigenvalue weighted by molar-refractivity contribution is 6.06. The van der Waals surface area contributed by atoms with Gasteiger partial charge in [-0.15, -0.1) is 0 Å². The Balaban J connectivity index is 1.80. The van der Waals surface area contributed by atoms with Crippen LogP contribution >= 0.6 is 0 Å². The Labute approximate surface area is 138 Å². The lowest BCUT2D eigenvalue weighted by molar-refractivity contribution is -0.130. The lowest BCUT2D eigenvalue weighted by atomic mass is 9.87. The molecule has 2 rings (SSSR count). The summed E-state index contributed by atoms with van der Waals surface area (Å²) in [5, 5.41) is 2.67. The van der Waals surface area contributed by atoms with Gasteiger partial charge in [-0.05, 0) is 43.4 Å². The van der Waals surface area contributed by atoms with Crippen LogP contribution in [0.1, 0.15) is 46.6 Å². The van der Waals surface area contributed by atoms with Crippen LogP contribution in [0.2, 0.25) is 0 Å². The van der Waals surface area contributed by atoms with Crippen molar-refractivity contribution in [1.29, 1.82) is 0 Å². The van der Waals surface area contributed by atoms with E-state index in [-0.39, 0.29) is 17.4 Å². The van der Waals surface area contributed by atoms with E-state index in [0.717, 1.165) is 5.75 Å². The molecule has 1 aromatic rings. The summed E-state index contributed by atoms with van der Waals surface area (Å²) in [7, 11) is 0. The summed E-state index contributed by atoms with van der Waals surface area (Å²) < 4.78 is 5.69. The lowest BCUT2D eigenvalue weighted by Gasteiger charge is -2.19. The molecule has 1 aliphatic rings. The highest BCUT2D eigenvalue weighted by atomic mass is 16.5. The van der Waals surface area contributed by atoms with Gasteiger partial charge in [0.2, 0.25) is 0 Å². The Morgan fingerprint density at radius 1 is 1.13 bits per heavy atom. The minimum absolute atomic E-state index is 0.120. The molecular formula is C18H26N2O3. The second-order valence-electron chi connectivity index (χ2n) is 7.49. The number of hydrogen-bond donors (Lipinski definition) is 1. The van der Waals surface area contributed by atoms with Gasteiger partial charge in [0.15, 0.2) is 0 Å². The van der Waals surface area contributed by atoms with Crippen LogP contribution < -0.4 is 10.1 Å². The van der Waals surface area contributed by atoms with Gasteiger partial charge in [-0.1, -0.05) is 32.9 Å². The molecule has 0 radical (unpaired) electrons. The summed E-state index contributed by atoms with van der Waals surface area (Å²) in [4.78, 5) is 25.0. The van der Waals surface area contributed by atoms with E-state index in [9.17, 15) is 9.59 Å². The van der Waals surface area contributed by atoms with Crippen molar-refractivity contribution in [3.8, 4) is 5.75 Å². The second kappa shape index (κ2) is 6.22. The molecule has 3 amide bonds. The molecule has 0 aliphatic carbocycles. The quantitative estimate of drug-likeness (QED) is 0.670. The summed E-state index contributed by atoms with van der Waals surface area (Å²) in [6.45, 7) is 10.8. The first-order valence-corrected chi connectivity index (χ1v) is 7.99. The van der Waals surface area contributed by atoms with Gasteiger partial charge in [-0.3, -0.25) is 9.69 Å². The zero-order chi connectivity index (χ0) is 17.3. The first-order chi connectivity index (χ1) is 10.6. The Hall–Kier alpha value is -2.04. The predicted octanol–water partition coefficient (Wildman–Crippen LogP) is 3.08. The van der Waals surface area contributed by atoms with Crippen molar-refractivity contribution in [1.82, 2.24) is 10.2 Å². The zero-order valence-corrected chi connectivity index (χ0v) is 14.6. The smallest absolute Gasteiger partial charge is 0.325 e. The highest BCUT2D eigenvalue weighted by Crippen LogP contribution is 2.24. The molecule has 0 saturated carbocycles. The van der Waals surface area contributed by atoms with Crippen LogP contribution in [0.5, 0.6) is 5.75 Å². The van der Waals surface area contributed by atoms with E-state index in [1.807, 2.05) is 12.1 Å². The Kier molecular flexibility index (Phi) is 4.68. The predicted molar refractivity (Wildman–Crippen MR) is 89.6 cm³/mol. The fraction of sp³-hybridized carbons (Fsp3) is 0.556. The van der Waals surface area contributed by atoms with E-state index in [1.54, 1.807) is 13.8 Å². The molecule has 0 unspecified atom stereocenters. The van der Waals surface area contributed by atoms with Crippen molar-refractivity contribution in [3.63, 3.8) is 0 Å². The molecular weight excluding hydrogens is 292 g/mol. The van der Waals surface area contributed by atoms with E-state index in [1.165, 1.54) is 10.5 Å². The number of ether oxygens (including phenoxy) is 1. The normalized spacial score (nSPS) is 17.3. The van der Waals surface area contributed by atoms with Crippen LogP contribution in [-0.2, 0) is 10.2 Å². The number of amides is 3. The maximum absolute atomic E-state index is 12.0. The first kappa shape index (κ1) is 17.3.